The van der Waals surface area contributed by atoms with Crippen LogP contribution in [0, 0.1) is 0 Å². The standard InChI is InChI=1S/C23H27N5O/c1-27-16-21(22(26-27)19-12-6-3-7-13-19)25-23(29)24-20(17-28-14-8-9-15-28)18-10-4-2-5-11-18/h2-7,10-13,16,20H,8-9,14-15,17H2,1H3,(H2,24,25,29). The fourth-order valence-electron chi connectivity index (χ4n) is 3.85. The van der Waals surface area contributed by atoms with Crippen molar-refractivity contribution in [2.75, 3.05) is 25.0 Å². The molecular formula is C23H27N5O. The van der Waals surface area contributed by atoms with E-state index in [1.807, 2.05) is 61.8 Å². The Morgan fingerprint density at radius 1 is 1.03 bits per heavy atom. The summed E-state index contributed by atoms with van der Waals surface area (Å²) in [5.41, 5.74) is 3.55. The molecule has 0 aliphatic carbocycles. The summed E-state index contributed by atoms with van der Waals surface area (Å²) in [5, 5.41) is 10.7. The highest BCUT2D eigenvalue weighted by atomic mass is 16.2. The number of carbonyl (C=O) groups is 1. The Bertz CT molecular complexity index is 932. The van der Waals surface area contributed by atoms with Crippen LogP contribution in [-0.4, -0.2) is 40.3 Å². The van der Waals surface area contributed by atoms with Crippen LogP contribution in [0.5, 0.6) is 0 Å². The molecule has 6 heteroatoms. The highest BCUT2D eigenvalue weighted by molar-refractivity contribution is 5.93. The maximum absolute atomic E-state index is 12.9. The zero-order valence-corrected chi connectivity index (χ0v) is 16.7. The quantitative estimate of drug-likeness (QED) is 0.669. The van der Waals surface area contributed by atoms with Gasteiger partial charge in [0, 0.05) is 25.4 Å². The summed E-state index contributed by atoms with van der Waals surface area (Å²) < 4.78 is 1.72. The lowest BCUT2D eigenvalue weighted by molar-refractivity contribution is 0.240. The van der Waals surface area contributed by atoms with Gasteiger partial charge in [-0.1, -0.05) is 60.7 Å². The number of likely N-dealkylation sites (tertiary alicyclic amines) is 1. The Kier molecular flexibility index (Phi) is 5.91. The van der Waals surface area contributed by atoms with Gasteiger partial charge in [-0.15, -0.1) is 0 Å². The second-order valence-corrected chi connectivity index (χ2v) is 7.50. The summed E-state index contributed by atoms with van der Waals surface area (Å²) in [6.45, 7) is 3.00. The van der Waals surface area contributed by atoms with Crippen molar-refractivity contribution in [3.8, 4) is 11.3 Å². The van der Waals surface area contributed by atoms with Crippen LogP contribution in [0.1, 0.15) is 24.4 Å². The third-order valence-electron chi connectivity index (χ3n) is 5.27. The monoisotopic (exact) mass is 389 g/mol. The zero-order valence-electron chi connectivity index (χ0n) is 16.7. The molecule has 1 saturated heterocycles. The second kappa shape index (κ2) is 8.92. The van der Waals surface area contributed by atoms with E-state index in [1.54, 1.807) is 4.68 Å². The molecular weight excluding hydrogens is 362 g/mol. The summed E-state index contributed by atoms with van der Waals surface area (Å²) in [6, 6.07) is 19.8. The molecule has 1 aromatic heterocycles. The summed E-state index contributed by atoms with van der Waals surface area (Å²) in [5.74, 6) is 0. The number of anilines is 1. The van der Waals surface area contributed by atoms with Gasteiger partial charge in [0.25, 0.3) is 0 Å². The normalized spacial score (nSPS) is 15.2. The molecule has 4 rings (SSSR count). The molecule has 0 spiro atoms. The fraction of sp³-hybridized carbons (Fsp3) is 0.304. The lowest BCUT2D eigenvalue weighted by atomic mass is 10.1. The Morgan fingerprint density at radius 3 is 2.38 bits per heavy atom. The second-order valence-electron chi connectivity index (χ2n) is 7.50. The summed E-state index contributed by atoms with van der Waals surface area (Å²) in [7, 11) is 1.86. The predicted octanol–water partition coefficient (Wildman–Crippen LogP) is 4.05. The number of benzene rings is 2. The average Bonchev–Trinajstić information content (AvgIpc) is 3.38. The van der Waals surface area contributed by atoms with Gasteiger partial charge in [-0.25, -0.2) is 4.79 Å². The SMILES string of the molecule is Cn1cc(NC(=O)NC(CN2CCCC2)c2ccccc2)c(-c2ccccc2)n1. The van der Waals surface area contributed by atoms with E-state index in [4.69, 9.17) is 0 Å². The van der Waals surface area contributed by atoms with Crippen LogP contribution in [0.15, 0.2) is 66.9 Å². The van der Waals surface area contributed by atoms with Crippen LogP contribution < -0.4 is 10.6 Å². The Balaban J connectivity index is 1.50. The van der Waals surface area contributed by atoms with Crippen molar-refractivity contribution < 1.29 is 4.79 Å². The number of rotatable bonds is 6. The van der Waals surface area contributed by atoms with Gasteiger partial charge in [-0.05, 0) is 31.5 Å². The third kappa shape index (κ3) is 4.84. The van der Waals surface area contributed by atoms with E-state index in [1.165, 1.54) is 12.8 Å². The van der Waals surface area contributed by atoms with Gasteiger partial charge < -0.3 is 15.5 Å². The van der Waals surface area contributed by atoms with Gasteiger partial charge >= 0.3 is 6.03 Å². The van der Waals surface area contributed by atoms with E-state index >= 15 is 0 Å². The molecule has 1 atom stereocenters. The number of amides is 2. The van der Waals surface area contributed by atoms with Crippen LogP contribution in [0.25, 0.3) is 11.3 Å². The summed E-state index contributed by atoms with van der Waals surface area (Å²) >= 11 is 0. The first-order valence-electron chi connectivity index (χ1n) is 10.1. The molecule has 0 saturated carbocycles. The van der Waals surface area contributed by atoms with E-state index in [0.717, 1.165) is 36.5 Å². The van der Waals surface area contributed by atoms with Gasteiger partial charge in [-0.2, -0.15) is 5.10 Å². The number of nitrogens with zero attached hydrogens (tertiary/aromatic N) is 3. The maximum atomic E-state index is 12.9. The van der Waals surface area contributed by atoms with Crippen LogP contribution in [0.2, 0.25) is 0 Å². The molecule has 1 fully saturated rings. The predicted molar refractivity (Wildman–Crippen MR) is 116 cm³/mol. The van der Waals surface area contributed by atoms with E-state index in [0.29, 0.717) is 5.69 Å². The topological polar surface area (TPSA) is 62.2 Å². The van der Waals surface area contributed by atoms with E-state index in [2.05, 4.69) is 32.8 Å². The molecule has 2 N–H and O–H groups in total. The highest BCUT2D eigenvalue weighted by Crippen LogP contribution is 2.26. The number of aryl methyl sites for hydroxylation is 1. The van der Waals surface area contributed by atoms with Gasteiger partial charge in [0.05, 0.1) is 11.7 Å². The molecule has 1 aliphatic heterocycles. The third-order valence-corrected chi connectivity index (χ3v) is 5.27. The fourth-order valence-corrected chi connectivity index (χ4v) is 3.85. The Labute approximate surface area is 171 Å². The van der Waals surface area contributed by atoms with Crippen molar-refractivity contribution in [1.82, 2.24) is 20.0 Å². The molecule has 150 valence electrons. The van der Waals surface area contributed by atoms with Crippen LogP contribution in [0.4, 0.5) is 10.5 Å². The first-order chi connectivity index (χ1) is 14.2. The lowest BCUT2D eigenvalue weighted by Gasteiger charge is -2.25. The van der Waals surface area contributed by atoms with Crippen molar-refractivity contribution >= 4 is 11.7 Å². The molecule has 0 radical (unpaired) electrons. The minimum atomic E-state index is -0.219. The molecule has 2 amide bonds. The molecule has 1 unspecified atom stereocenters. The highest BCUT2D eigenvalue weighted by Gasteiger charge is 2.21. The number of urea groups is 1. The largest absolute Gasteiger partial charge is 0.330 e. The molecule has 2 heterocycles. The summed E-state index contributed by atoms with van der Waals surface area (Å²) in [4.78, 5) is 15.3. The first-order valence-corrected chi connectivity index (χ1v) is 10.1. The van der Waals surface area contributed by atoms with Crippen LogP contribution in [0.3, 0.4) is 0 Å². The molecule has 1 aliphatic rings. The van der Waals surface area contributed by atoms with E-state index < -0.39 is 0 Å². The van der Waals surface area contributed by atoms with Crippen molar-refractivity contribution in [3.05, 3.63) is 72.4 Å². The Hall–Kier alpha value is -3.12. The van der Waals surface area contributed by atoms with Crippen LogP contribution >= 0.6 is 0 Å². The van der Waals surface area contributed by atoms with Crippen molar-refractivity contribution in [2.45, 2.75) is 18.9 Å². The maximum Gasteiger partial charge on any atom is 0.319 e. The van der Waals surface area contributed by atoms with Gasteiger partial charge in [0.1, 0.15) is 5.69 Å². The molecule has 0 bridgehead atoms. The molecule has 2 aromatic carbocycles. The number of aromatic nitrogens is 2. The van der Waals surface area contributed by atoms with Gasteiger partial charge in [0.2, 0.25) is 0 Å². The lowest BCUT2D eigenvalue weighted by Crippen LogP contribution is -2.39. The van der Waals surface area contributed by atoms with Gasteiger partial charge in [-0.3, -0.25) is 4.68 Å². The van der Waals surface area contributed by atoms with Crippen molar-refractivity contribution in [2.24, 2.45) is 7.05 Å². The number of carbonyl (C=O) groups excluding carboxylic acids is 1. The average molecular weight is 390 g/mol. The number of nitrogens with one attached hydrogen (secondary N) is 2. The van der Waals surface area contributed by atoms with Gasteiger partial charge in [0.15, 0.2) is 0 Å². The van der Waals surface area contributed by atoms with Crippen LogP contribution in [-0.2, 0) is 7.05 Å². The minimum absolute atomic E-state index is 0.0638. The number of hydrogen-bond acceptors (Lipinski definition) is 3. The molecule has 6 nitrogen and oxygen atoms in total. The first kappa shape index (κ1) is 19.2. The van der Waals surface area contributed by atoms with Crippen molar-refractivity contribution in [1.29, 1.82) is 0 Å². The minimum Gasteiger partial charge on any atom is -0.330 e. The smallest absolute Gasteiger partial charge is 0.319 e. The summed E-state index contributed by atoms with van der Waals surface area (Å²) in [6.07, 6.45) is 4.29. The van der Waals surface area contributed by atoms with E-state index in [9.17, 15) is 4.79 Å². The molecule has 29 heavy (non-hydrogen) atoms. The zero-order chi connectivity index (χ0) is 20.1. The number of hydrogen-bond donors (Lipinski definition) is 2. The molecule has 3 aromatic rings. The Morgan fingerprint density at radius 2 is 1.69 bits per heavy atom. The van der Waals surface area contributed by atoms with Crippen molar-refractivity contribution in [3.63, 3.8) is 0 Å². The van der Waals surface area contributed by atoms with E-state index in [-0.39, 0.29) is 12.1 Å².